The van der Waals surface area contributed by atoms with Crippen LogP contribution in [0.15, 0.2) is 6.07 Å². The van der Waals surface area contributed by atoms with Crippen LogP contribution < -0.4 is 11.1 Å². The van der Waals surface area contributed by atoms with Crippen molar-refractivity contribution in [1.82, 2.24) is 9.97 Å². The Bertz CT molecular complexity index is 345. The Morgan fingerprint density at radius 2 is 2.06 bits per heavy atom. The van der Waals surface area contributed by atoms with Crippen LogP contribution in [0.4, 0.5) is 11.6 Å². The van der Waals surface area contributed by atoms with Gasteiger partial charge in [-0.05, 0) is 12.8 Å². The second kappa shape index (κ2) is 5.14. The van der Waals surface area contributed by atoms with Gasteiger partial charge in [0, 0.05) is 18.5 Å². The van der Waals surface area contributed by atoms with Gasteiger partial charge in [0.25, 0.3) is 0 Å². The highest BCUT2D eigenvalue weighted by atomic mass is 15.1. The van der Waals surface area contributed by atoms with E-state index in [0.717, 1.165) is 18.1 Å². The minimum Gasteiger partial charge on any atom is -0.384 e. The van der Waals surface area contributed by atoms with E-state index in [1.54, 1.807) is 0 Å². The summed E-state index contributed by atoms with van der Waals surface area (Å²) in [6.45, 7) is 2.04. The van der Waals surface area contributed by atoms with E-state index in [2.05, 4.69) is 15.3 Å². The summed E-state index contributed by atoms with van der Waals surface area (Å²) in [5.41, 5.74) is 5.75. The molecule has 88 valence electrons. The molecule has 4 nitrogen and oxygen atoms in total. The Labute approximate surface area is 96.7 Å². The van der Waals surface area contributed by atoms with E-state index >= 15 is 0 Å². The Morgan fingerprint density at radius 3 is 2.75 bits per heavy atom. The van der Waals surface area contributed by atoms with Gasteiger partial charge in [0.05, 0.1) is 0 Å². The first kappa shape index (κ1) is 11.2. The summed E-state index contributed by atoms with van der Waals surface area (Å²) in [7, 11) is 0. The van der Waals surface area contributed by atoms with E-state index in [9.17, 15) is 0 Å². The first-order valence-electron chi connectivity index (χ1n) is 6.18. The van der Waals surface area contributed by atoms with E-state index in [1.165, 1.54) is 32.1 Å². The van der Waals surface area contributed by atoms with E-state index in [-0.39, 0.29) is 0 Å². The predicted molar refractivity (Wildman–Crippen MR) is 66.3 cm³/mol. The second-order valence-corrected chi connectivity index (χ2v) is 4.43. The summed E-state index contributed by atoms with van der Waals surface area (Å²) in [5.74, 6) is 2.26. The second-order valence-electron chi connectivity index (χ2n) is 4.43. The highest BCUT2D eigenvalue weighted by Crippen LogP contribution is 2.21. The first-order valence-corrected chi connectivity index (χ1v) is 6.18. The molecule has 1 aromatic heterocycles. The lowest BCUT2D eigenvalue weighted by atomic mass is 9.95. The Kier molecular flexibility index (Phi) is 3.59. The maximum atomic E-state index is 5.75. The molecule has 0 atom stereocenters. The van der Waals surface area contributed by atoms with Crippen LogP contribution in [0.1, 0.15) is 44.9 Å². The largest absolute Gasteiger partial charge is 0.384 e. The van der Waals surface area contributed by atoms with Crippen molar-refractivity contribution >= 4 is 11.6 Å². The number of aromatic nitrogens is 2. The standard InChI is InChI=1S/C12H20N4/c1-2-11-15-10(13)8-12(16-11)14-9-6-4-3-5-7-9/h8-9H,2-7H2,1H3,(H3,13,14,15,16). The topological polar surface area (TPSA) is 63.8 Å². The van der Waals surface area contributed by atoms with Crippen molar-refractivity contribution in [1.29, 1.82) is 0 Å². The maximum absolute atomic E-state index is 5.75. The van der Waals surface area contributed by atoms with Gasteiger partial charge in [0.1, 0.15) is 17.5 Å². The van der Waals surface area contributed by atoms with Crippen molar-refractivity contribution in [2.45, 2.75) is 51.5 Å². The molecule has 0 saturated heterocycles. The van der Waals surface area contributed by atoms with Gasteiger partial charge < -0.3 is 11.1 Å². The number of hydrogen-bond acceptors (Lipinski definition) is 4. The van der Waals surface area contributed by atoms with Crippen LogP contribution in [0.25, 0.3) is 0 Å². The lowest BCUT2D eigenvalue weighted by Gasteiger charge is -2.23. The normalized spacial score (nSPS) is 17.3. The van der Waals surface area contributed by atoms with Crippen molar-refractivity contribution in [3.05, 3.63) is 11.9 Å². The molecule has 1 saturated carbocycles. The third-order valence-electron chi connectivity index (χ3n) is 3.07. The molecule has 1 aliphatic rings. The zero-order chi connectivity index (χ0) is 11.4. The molecule has 1 aliphatic carbocycles. The highest BCUT2D eigenvalue weighted by Gasteiger charge is 2.13. The molecule has 0 unspecified atom stereocenters. The van der Waals surface area contributed by atoms with Gasteiger partial charge in [-0.2, -0.15) is 0 Å². The van der Waals surface area contributed by atoms with Crippen LogP contribution in [-0.4, -0.2) is 16.0 Å². The van der Waals surface area contributed by atoms with E-state index in [1.807, 2.05) is 13.0 Å². The van der Waals surface area contributed by atoms with Crippen molar-refractivity contribution in [2.24, 2.45) is 0 Å². The Morgan fingerprint density at radius 1 is 1.31 bits per heavy atom. The predicted octanol–water partition coefficient (Wildman–Crippen LogP) is 2.37. The third kappa shape index (κ3) is 2.84. The van der Waals surface area contributed by atoms with Gasteiger partial charge in [-0.3, -0.25) is 0 Å². The smallest absolute Gasteiger partial charge is 0.132 e. The molecule has 1 heterocycles. The van der Waals surface area contributed by atoms with Crippen LogP contribution in [0.2, 0.25) is 0 Å². The van der Waals surface area contributed by atoms with Crippen LogP contribution in [-0.2, 0) is 6.42 Å². The molecule has 3 N–H and O–H groups in total. The van der Waals surface area contributed by atoms with Gasteiger partial charge >= 0.3 is 0 Å². The number of rotatable bonds is 3. The molecule has 16 heavy (non-hydrogen) atoms. The number of nitrogens with two attached hydrogens (primary N) is 1. The summed E-state index contributed by atoms with van der Waals surface area (Å²) >= 11 is 0. The number of hydrogen-bond donors (Lipinski definition) is 2. The van der Waals surface area contributed by atoms with Crippen LogP contribution in [0, 0.1) is 0 Å². The molecule has 0 bridgehead atoms. The molecule has 0 aliphatic heterocycles. The molecule has 1 aromatic rings. The lowest BCUT2D eigenvalue weighted by Crippen LogP contribution is -2.23. The number of anilines is 2. The van der Waals surface area contributed by atoms with Crippen LogP contribution in [0.5, 0.6) is 0 Å². The van der Waals surface area contributed by atoms with Crippen LogP contribution >= 0.6 is 0 Å². The van der Waals surface area contributed by atoms with E-state index in [4.69, 9.17) is 5.73 Å². The molecule has 0 spiro atoms. The van der Waals surface area contributed by atoms with E-state index in [0.29, 0.717) is 11.9 Å². The molecule has 4 heteroatoms. The quantitative estimate of drug-likeness (QED) is 0.820. The number of aryl methyl sites for hydroxylation is 1. The fraction of sp³-hybridized carbons (Fsp3) is 0.667. The maximum Gasteiger partial charge on any atom is 0.132 e. The fourth-order valence-corrected chi connectivity index (χ4v) is 2.21. The van der Waals surface area contributed by atoms with Crippen molar-refractivity contribution in [3.8, 4) is 0 Å². The molecule has 0 radical (unpaired) electrons. The molecule has 0 amide bonds. The number of nitrogens with one attached hydrogen (secondary N) is 1. The summed E-state index contributed by atoms with van der Waals surface area (Å²) < 4.78 is 0. The Balaban J connectivity index is 2.04. The summed E-state index contributed by atoms with van der Waals surface area (Å²) in [6, 6.07) is 2.39. The summed E-state index contributed by atoms with van der Waals surface area (Å²) in [6.07, 6.45) is 7.31. The average Bonchev–Trinajstić information content (AvgIpc) is 2.29. The Hall–Kier alpha value is -1.32. The van der Waals surface area contributed by atoms with Gasteiger partial charge in [-0.25, -0.2) is 9.97 Å². The van der Waals surface area contributed by atoms with Gasteiger partial charge in [-0.15, -0.1) is 0 Å². The minimum atomic E-state index is 0.560. The van der Waals surface area contributed by atoms with Gasteiger partial charge in [0.15, 0.2) is 0 Å². The third-order valence-corrected chi connectivity index (χ3v) is 3.07. The molecular formula is C12H20N4. The van der Waals surface area contributed by atoms with Crippen molar-refractivity contribution < 1.29 is 0 Å². The number of nitrogens with zero attached hydrogens (tertiary/aromatic N) is 2. The van der Waals surface area contributed by atoms with Gasteiger partial charge in [-0.1, -0.05) is 26.2 Å². The summed E-state index contributed by atoms with van der Waals surface area (Å²) in [4.78, 5) is 8.62. The lowest BCUT2D eigenvalue weighted by molar-refractivity contribution is 0.461. The minimum absolute atomic E-state index is 0.560. The highest BCUT2D eigenvalue weighted by molar-refractivity contribution is 5.45. The number of nitrogen functional groups attached to an aromatic ring is 1. The molecule has 1 fully saturated rings. The van der Waals surface area contributed by atoms with Crippen molar-refractivity contribution in [2.75, 3.05) is 11.1 Å². The first-order chi connectivity index (χ1) is 7.78. The molecule has 0 aromatic carbocycles. The zero-order valence-corrected chi connectivity index (χ0v) is 9.87. The SMILES string of the molecule is CCc1nc(N)cc(NC2CCCCC2)n1. The monoisotopic (exact) mass is 220 g/mol. The summed E-state index contributed by atoms with van der Waals surface area (Å²) in [5, 5.41) is 3.47. The van der Waals surface area contributed by atoms with E-state index < -0.39 is 0 Å². The zero-order valence-electron chi connectivity index (χ0n) is 9.87. The average molecular weight is 220 g/mol. The van der Waals surface area contributed by atoms with Gasteiger partial charge in [0.2, 0.25) is 0 Å². The van der Waals surface area contributed by atoms with Crippen molar-refractivity contribution in [3.63, 3.8) is 0 Å². The molecular weight excluding hydrogens is 200 g/mol. The fourth-order valence-electron chi connectivity index (χ4n) is 2.21. The van der Waals surface area contributed by atoms with Crippen LogP contribution in [0.3, 0.4) is 0 Å². The molecule has 2 rings (SSSR count).